The monoisotopic (exact) mass is 240 g/mol. The number of carbonyl (C=O) groups is 1. The van der Waals surface area contributed by atoms with Gasteiger partial charge in [0.2, 0.25) is 0 Å². The third kappa shape index (κ3) is 3.42. The molecule has 2 fully saturated rings. The fourth-order valence-corrected chi connectivity index (χ4v) is 3.25. The van der Waals surface area contributed by atoms with Crippen molar-refractivity contribution in [3.05, 3.63) is 0 Å². The summed E-state index contributed by atoms with van der Waals surface area (Å²) in [6, 6.07) is -0.0636. The first kappa shape index (κ1) is 12.8. The Kier molecular flexibility index (Phi) is 4.40. The molecule has 0 radical (unpaired) electrons. The lowest BCUT2D eigenvalue weighted by Gasteiger charge is -2.31. The molecule has 0 aliphatic carbocycles. The van der Waals surface area contributed by atoms with Crippen LogP contribution in [0.4, 0.5) is 0 Å². The molecule has 2 saturated heterocycles. The number of likely N-dealkylation sites (tertiary alicyclic amines) is 1. The van der Waals surface area contributed by atoms with Gasteiger partial charge in [0.25, 0.3) is 0 Å². The van der Waals surface area contributed by atoms with Crippen LogP contribution in [-0.4, -0.2) is 50.7 Å². The van der Waals surface area contributed by atoms with Crippen LogP contribution in [0.25, 0.3) is 0 Å². The molecule has 0 aromatic heterocycles. The lowest BCUT2D eigenvalue weighted by Crippen LogP contribution is -2.33. The zero-order chi connectivity index (χ0) is 12.3. The van der Waals surface area contributed by atoms with Crippen molar-refractivity contribution >= 4 is 5.97 Å². The van der Waals surface area contributed by atoms with E-state index >= 15 is 0 Å². The van der Waals surface area contributed by atoms with Gasteiger partial charge in [-0.3, -0.25) is 4.79 Å². The van der Waals surface area contributed by atoms with E-state index in [0.29, 0.717) is 5.92 Å². The summed E-state index contributed by atoms with van der Waals surface area (Å²) in [5.74, 6) is 1.36. The third-order valence-corrected chi connectivity index (χ3v) is 4.10. The van der Waals surface area contributed by atoms with Crippen molar-refractivity contribution in [3.8, 4) is 0 Å². The molecular weight excluding hydrogens is 216 g/mol. The first-order valence-electron chi connectivity index (χ1n) is 6.68. The van der Waals surface area contributed by atoms with Crippen molar-refractivity contribution in [2.75, 3.05) is 33.8 Å². The van der Waals surface area contributed by atoms with E-state index in [1.165, 1.54) is 39.5 Å². The Balaban J connectivity index is 1.75. The van der Waals surface area contributed by atoms with Gasteiger partial charge in [-0.05, 0) is 57.7 Å². The molecule has 1 N–H and O–H groups in total. The molecule has 2 rings (SSSR count). The van der Waals surface area contributed by atoms with Crippen LogP contribution >= 0.6 is 0 Å². The van der Waals surface area contributed by atoms with Gasteiger partial charge in [-0.15, -0.1) is 0 Å². The number of ether oxygens (including phenoxy) is 1. The summed E-state index contributed by atoms with van der Waals surface area (Å²) in [5, 5.41) is 3.27. The molecule has 0 spiro atoms. The van der Waals surface area contributed by atoms with Gasteiger partial charge in [-0.1, -0.05) is 0 Å². The second-order valence-electron chi connectivity index (χ2n) is 5.59. The van der Waals surface area contributed by atoms with Gasteiger partial charge in [0.1, 0.15) is 6.04 Å². The molecule has 0 aromatic rings. The second-order valence-corrected chi connectivity index (χ2v) is 5.59. The zero-order valence-electron chi connectivity index (χ0n) is 10.9. The molecule has 98 valence electrons. The van der Waals surface area contributed by atoms with E-state index in [4.69, 9.17) is 4.74 Å². The molecule has 4 nitrogen and oxygen atoms in total. The average molecular weight is 240 g/mol. The highest BCUT2D eigenvalue weighted by Crippen LogP contribution is 2.27. The van der Waals surface area contributed by atoms with E-state index in [-0.39, 0.29) is 12.0 Å². The molecule has 3 unspecified atom stereocenters. The first-order chi connectivity index (χ1) is 8.19. The van der Waals surface area contributed by atoms with Gasteiger partial charge in [-0.2, -0.15) is 0 Å². The van der Waals surface area contributed by atoms with Crippen molar-refractivity contribution < 1.29 is 9.53 Å². The molecule has 2 aliphatic rings. The predicted octanol–water partition coefficient (Wildman–Crippen LogP) is 0.869. The number of piperidine rings is 1. The maximum atomic E-state index is 11.4. The number of nitrogens with zero attached hydrogens (tertiary/aromatic N) is 1. The fourth-order valence-electron chi connectivity index (χ4n) is 3.25. The Morgan fingerprint density at radius 2 is 2.29 bits per heavy atom. The highest BCUT2D eigenvalue weighted by Gasteiger charge is 2.32. The van der Waals surface area contributed by atoms with E-state index < -0.39 is 0 Å². The van der Waals surface area contributed by atoms with E-state index in [1.54, 1.807) is 0 Å². The number of hydrogen-bond donors (Lipinski definition) is 1. The SMILES string of the molecule is COC(=O)C1CC(CC2CCCN(C)C2)CN1. The first-order valence-corrected chi connectivity index (χ1v) is 6.68. The average Bonchev–Trinajstić information content (AvgIpc) is 2.76. The number of rotatable bonds is 3. The summed E-state index contributed by atoms with van der Waals surface area (Å²) < 4.78 is 4.78. The molecule has 0 amide bonds. The smallest absolute Gasteiger partial charge is 0.322 e. The summed E-state index contributed by atoms with van der Waals surface area (Å²) in [6.07, 6.45) is 4.88. The summed E-state index contributed by atoms with van der Waals surface area (Å²) >= 11 is 0. The molecule has 2 heterocycles. The lowest BCUT2D eigenvalue weighted by molar-refractivity contribution is -0.142. The van der Waals surface area contributed by atoms with Crippen molar-refractivity contribution in [3.63, 3.8) is 0 Å². The maximum absolute atomic E-state index is 11.4. The number of nitrogens with one attached hydrogen (secondary N) is 1. The summed E-state index contributed by atoms with van der Waals surface area (Å²) in [7, 11) is 3.67. The Labute approximate surface area is 104 Å². The normalized spacial score (nSPS) is 34.8. The van der Waals surface area contributed by atoms with Gasteiger partial charge in [0.15, 0.2) is 0 Å². The van der Waals surface area contributed by atoms with E-state index in [0.717, 1.165) is 18.9 Å². The van der Waals surface area contributed by atoms with Gasteiger partial charge >= 0.3 is 5.97 Å². The van der Waals surface area contributed by atoms with E-state index in [9.17, 15) is 4.79 Å². The molecule has 4 heteroatoms. The fraction of sp³-hybridized carbons (Fsp3) is 0.923. The highest BCUT2D eigenvalue weighted by molar-refractivity contribution is 5.75. The van der Waals surface area contributed by atoms with Crippen LogP contribution in [0.2, 0.25) is 0 Å². The lowest BCUT2D eigenvalue weighted by atomic mass is 9.87. The largest absolute Gasteiger partial charge is 0.468 e. The minimum atomic E-state index is -0.103. The topological polar surface area (TPSA) is 41.6 Å². The molecular formula is C13H24N2O2. The van der Waals surface area contributed by atoms with Crippen LogP contribution < -0.4 is 5.32 Å². The Bertz CT molecular complexity index is 270. The predicted molar refractivity (Wildman–Crippen MR) is 66.8 cm³/mol. The van der Waals surface area contributed by atoms with Gasteiger partial charge in [-0.25, -0.2) is 0 Å². The quantitative estimate of drug-likeness (QED) is 0.743. The third-order valence-electron chi connectivity index (χ3n) is 4.10. The van der Waals surface area contributed by atoms with Gasteiger partial charge in [0.05, 0.1) is 7.11 Å². The Hall–Kier alpha value is -0.610. The number of esters is 1. The van der Waals surface area contributed by atoms with Crippen molar-refractivity contribution in [1.29, 1.82) is 0 Å². The number of carbonyl (C=O) groups excluding carboxylic acids is 1. The summed E-state index contributed by atoms with van der Waals surface area (Å²) in [5.41, 5.74) is 0. The Morgan fingerprint density at radius 1 is 1.47 bits per heavy atom. The molecule has 17 heavy (non-hydrogen) atoms. The molecule has 0 bridgehead atoms. The van der Waals surface area contributed by atoms with Crippen molar-refractivity contribution in [2.24, 2.45) is 11.8 Å². The summed E-state index contributed by atoms with van der Waals surface area (Å²) in [4.78, 5) is 13.8. The molecule has 3 atom stereocenters. The van der Waals surface area contributed by atoms with Crippen LogP contribution in [-0.2, 0) is 9.53 Å². The van der Waals surface area contributed by atoms with E-state index in [1.807, 2.05) is 0 Å². The maximum Gasteiger partial charge on any atom is 0.322 e. The minimum Gasteiger partial charge on any atom is -0.468 e. The van der Waals surface area contributed by atoms with Gasteiger partial charge in [0, 0.05) is 6.54 Å². The minimum absolute atomic E-state index is 0.0636. The van der Waals surface area contributed by atoms with E-state index in [2.05, 4.69) is 17.3 Å². The summed E-state index contributed by atoms with van der Waals surface area (Å²) in [6.45, 7) is 3.43. The number of methoxy groups -OCH3 is 1. The molecule has 2 aliphatic heterocycles. The highest BCUT2D eigenvalue weighted by atomic mass is 16.5. The molecule has 0 saturated carbocycles. The van der Waals surface area contributed by atoms with Crippen LogP contribution in [0.1, 0.15) is 25.7 Å². The zero-order valence-corrected chi connectivity index (χ0v) is 10.9. The second kappa shape index (κ2) is 5.83. The van der Waals surface area contributed by atoms with Crippen molar-refractivity contribution in [1.82, 2.24) is 10.2 Å². The number of hydrogen-bond acceptors (Lipinski definition) is 4. The standard InChI is InChI=1S/C13H24N2O2/c1-15-5-3-4-10(9-15)6-11-7-12(14-8-11)13(16)17-2/h10-12,14H,3-9H2,1-2H3. The van der Waals surface area contributed by atoms with Crippen LogP contribution in [0.15, 0.2) is 0 Å². The van der Waals surface area contributed by atoms with Gasteiger partial charge < -0.3 is 15.0 Å². The van der Waals surface area contributed by atoms with Crippen LogP contribution in [0.3, 0.4) is 0 Å². The Morgan fingerprint density at radius 3 is 3.00 bits per heavy atom. The van der Waals surface area contributed by atoms with Crippen LogP contribution in [0.5, 0.6) is 0 Å². The molecule has 0 aromatic carbocycles. The van der Waals surface area contributed by atoms with Crippen molar-refractivity contribution in [2.45, 2.75) is 31.7 Å². The van der Waals surface area contributed by atoms with Crippen LogP contribution in [0, 0.1) is 11.8 Å².